The maximum Gasteiger partial charge on any atom is 0.336 e. The molecule has 20 heavy (non-hydrogen) atoms. The van der Waals surface area contributed by atoms with Gasteiger partial charge in [0.1, 0.15) is 11.3 Å². The van der Waals surface area contributed by atoms with Crippen molar-refractivity contribution < 1.29 is 13.9 Å². The first-order valence-corrected chi connectivity index (χ1v) is 6.24. The number of rotatable bonds is 5. The number of hydrogen-bond acceptors (Lipinski definition) is 5. The van der Waals surface area contributed by atoms with Crippen molar-refractivity contribution >= 4 is 16.9 Å². The molecular formula is C14H16N2O4. The van der Waals surface area contributed by atoms with Gasteiger partial charge in [0.25, 0.3) is 5.91 Å². The van der Waals surface area contributed by atoms with E-state index in [9.17, 15) is 9.59 Å². The van der Waals surface area contributed by atoms with Gasteiger partial charge in [-0.3, -0.25) is 4.79 Å². The quantitative estimate of drug-likeness (QED) is 0.781. The molecule has 1 heterocycles. The molecular weight excluding hydrogens is 260 g/mol. The summed E-state index contributed by atoms with van der Waals surface area (Å²) in [6.45, 7) is 2.06. The van der Waals surface area contributed by atoms with Gasteiger partial charge >= 0.3 is 5.63 Å². The molecule has 1 amide bonds. The fourth-order valence-corrected chi connectivity index (χ4v) is 1.66. The van der Waals surface area contributed by atoms with E-state index >= 15 is 0 Å². The summed E-state index contributed by atoms with van der Waals surface area (Å²) in [7, 11) is 0. The molecule has 0 aliphatic rings. The van der Waals surface area contributed by atoms with Gasteiger partial charge < -0.3 is 20.2 Å². The van der Waals surface area contributed by atoms with Crippen LogP contribution in [-0.2, 0) is 4.79 Å². The number of ether oxygens (including phenoxy) is 1. The third-order valence-electron chi connectivity index (χ3n) is 2.73. The zero-order valence-corrected chi connectivity index (χ0v) is 11.1. The highest BCUT2D eigenvalue weighted by Crippen LogP contribution is 2.19. The monoisotopic (exact) mass is 276 g/mol. The summed E-state index contributed by atoms with van der Waals surface area (Å²) >= 11 is 0. The Morgan fingerprint density at radius 2 is 2.15 bits per heavy atom. The van der Waals surface area contributed by atoms with E-state index in [0.717, 1.165) is 5.39 Å². The summed E-state index contributed by atoms with van der Waals surface area (Å²) in [6, 6.07) is 7.97. The molecule has 0 aliphatic heterocycles. The molecule has 0 spiro atoms. The van der Waals surface area contributed by atoms with Crippen molar-refractivity contribution in [3.8, 4) is 5.75 Å². The Hall–Kier alpha value is -2.34. The third kappa shape index (κ3) is 3.58. The lowest BCUT2D eigenvalue weighted by Crippen LogP contribution is -2.40. The lowest BCUT2D eigenvalue weighted by atomic mass is 10.2. The first-order chi connectivity index (χ1) is 9.58. The van der Waals surface area contributed by atoms with Crippen LogP contribution in [0.2, 0.25) is 0 Å². The second-order valence-electron chi connectivity index (χ2n) is 4.45. The van der Waals surface area contributed by atoms with Gasteiger partial charge in [-0.25, -0.2) is 4.79 Å². The fourth-order valence-electron chi connectivity index (χ4n) is 1.66. The maximum absolute atomic E-state index is 11.5. The van der Waals surface area contributed by atoms with Crippen LogP contribution in [0.15, 0.2) is 39.5 Å². The number of nitrogens with two attached hydrogens (primary N) is 1. The number of carbonyl (C=O) groups excluding carboxylic acids is 1. The molecule has 6 heteroatoms. The molecule has 106 valence electrons. The summed E-state index contributed by atoms with van der Waals surface area (Å²) in [4.78, 5) is 22.7. The molecule has 0 radical (unpaired) electrons. The minimum Gasteiger partial charge on any atom is -0.484 e. The Labute approximate surface area is 115 Å². The Kier molecular flexibility index (Phi) is 4.37. The lowest BCUT2D eigenvalue weighted by molar-refractivity contribution is -0.123. The van der Waals surface area contributed by atoms with Crippen LogP contribution >= 0.6 is 0 Å². The number of fused-ring (bicyclic) bond motifs is 1. The average Bonchev–Trinajstić information content (AvgIpc) is 2.44. The molecule has 2 rings (SSSR count). The van der Waals surface area contributed by atoms with E-state index in [4.69, 9.17) is 14.9 Å². The van der Waals surface area contributed by atoms with Crippen molar-refractivity contribution in [1.29, 1.82) is 0 Å². The Balaban J connectivity index is 2.03. The minimum atomic E-state index is -0.427. The normalized spacial score (nSPS) is 12.1. The molecule has 3 N–H and O–H groups in total. The first-order valence-electron chi connectivity index (χ1n) is 6.24. The molecule has 0 bridgehead atoms. The molecule has 1 aromatic carbocycles. The van der Waals surface area contributed by atoms with Gasteiger partial charge in [-0.2, -0.15) is 0 Å². The summed E-state index contributed by atoms with van der Waals surface area (Å²) in [5.74, 6) is 0.208. The van der Waals surface area contributed by atoms with E-state index in [1.807, 2.05) is 6.92 Å². The molecule has 6 nitrogen and oxygen atoms in total. The van der Waals surface area contributed by atoms with Crippen LogP contribution in [0, 0.1) is 0 Å². The third-order valence-corrected chi connectivity index (χ3v) is 2.73. The topological polar surface area (TPSA) is 94.6 Å². The maximum atomic E-state index is 11.5. The second kappa shape index (κ2) is 6.21. The number of hydrogen-bond donors (Lipinski definition) is 2. The van der Waals surface area contributed by atoms with Gasteiger partial charge in [0.05, 0.1) is 0 Å². The van der Waals surface area contributed by atoms with Crippen LogP contribution in [-0.4, -0.2) is 25.1 Å². The molecule has 1 atom stereocenters. The van der Waals surface area contributed by atoms with Crippen LogP contribution in [0.3, 0.4) is 0 Å². The van der Waals surface area contributed by atoms with Crippen molar-refractivity contribution in [2.24, 2.45) is 5.73 Å². The Morgan fingerprint density at radius 1 is 1.40 bits per heavy atom. The standard InChI is InChI=1S/C14H16N2O4/c1-9(7-15)16-13(17)8-19-11-4-2-10-3-5-14(18)20-12(10)6-11/h2-6,9H,7-8,15H2,1H3,(H,16,17)/t9-/m0/s1. The molecule has 0 aliphatic carbocycles. The lowest BCUT2D eigenvalue weighted by Gasteiger charge is -2.12. The predicted molar refractivity (Wildman–Crippen MR) is 74.6 cm³/mol. The molecule has 0 unspecified atom stereocenters. The van der Waals surface area contributed by atoms with E-state index < -0.39 is 5.63 Å². The van der Waals surface area contributed by atoms with Gasteiger partial charge in [0.15, 0.2) is 6.61 Å². The highest BCUT2D eigenvalue weighted by Gasteiger charge is 2.07. The van der Waals surface area contributed by atoms with Crippen LogP contribution in [0.4, 0.5) is 0 Å². The van der Waals surface area contributed by atoms with E-state index in [-0.39, 0.29) is 18.6 Å². The zero-order chi connectivity index (χ0) is 14.5. The number of carbonyl (C=O) groups is 1. The first kappa shape index (κ1) is 14.1. The molecule has 0 saturated heterocycles. The molecule has 0 fully saturated rings. The highest BCUT2D eigenvalue weighted by molar-refractivity contribution is 5.79. The van der Waals surface area contributed by atoms with Crippen LogP contribution < -0.4 is 21.4 Å². The number of nitrogens with one attached hydrogen (secondary N) is 1. The van der Waals surface area contributed by atoms with Crippen molar-refractivity contribution in [3.05, 3.63) is 40.8 Å². The molecule has 0 saturated carbocycles. The van der Waals surface area contributed by atoms with Gasteiger partial charge in [-0.1, -0.05) is 0 Å². The van der Waals surface area contributed by atoms with Crippen LogP contribution in [0.5, 0.6) is 5.75 Å². The van der Waals surface area contributed by atoms with Gasteiger partial charge in [-0.15, -0.1) is 0 Å². The van der Waals surface area contributed by atoms with Gasteiger partial charge in [0.2, 0.25) is 0 Å². The average molecular weight is 276 g/mol. The van der Waals surface area contributed by atoms with Gasteiger partial charge in [-0.05, 0) is 25.1 Å². The second-order valence-corrected chi connectivity index (χ2v) is 4.45. The number of benzene rings is 1. The SMILES string of the molecule is C[C@@H](CN)NC(=O)COc1ccc2ccc(=O)oc2c1. The molecule has 1 aromatic heterocycles. The largest absolute Gasteiger partial charge is 0.484 e. The molecule has 2 aromatic rings. The van der Waals surface area contributed by atoms with E-state index in [0.29, 0.717) is 17.9 Å². The predicted octanol–water partition coefficient (Wildman–Crippen LogP) is 0.635. The minimum absolute atomic E-state index is 0.0966. The van der Waals surface area contributed by atoms with Crippen molar-refractivity contribution in [2.75, 3.05) is 13.2 Å². The summed E-state index contributed by atoms with van der Waals surface area (Å²) in [6.07, 6.45) is 0. The Morgan fingerprint density at radius 3 is 2.90 bits per heavy atom. The highest BCUT2D eigenvalue weighted by atomic mass is 16.5. The van der Waals surface area contributed by atoms with Crippen LogP contribution in [0.25, 0.3) is 11.0 Å². The van der Waals surface area contributed by atoms with Crippen molar-refractivity contribution in [3.63, 3.8) is 0 Å². The van der Waals surface area contributed by atoms with Crippen molar-refractivity contribution in [1.82, 2.24) is 5.32 Å². The van der Waals surface area contributed by atoms with Crippen molar-refractivity contribution in [2.45, 2.75) is 13.0 Å². The summed E-state index contributed by atoms with van der Waals surface area (Å²) in [5, 5.41) is 3.47. The van der Waals surface area contributed by atoms with E-state index in [2.05, 4.69) is 5.32 Å². The van der Waals surface area contributed by atoms with E-state index in [1.165, 1.54) is 6.07 Å². The summed E-state index contributed by atoms with van der Waals surface area (Å²) in [5.41, 5.74) is 5.40. The fraction of sp³-hybridized carbons (Fsp3) is 0.286. The van der Waals surface area contributed by atoms with E-state index in [1.54, 1.807) is 24.3 Å². The Bertz CT molecular complexity index is 666. The smallest absolute Gasteiger partial charge is 0.336 e. The van der Waals surface area contributed by atoms with Gasteiger partial charge in [0, 0.05) is 30.1 Å². The summed E-state index contributed by atoms with van der Waals surface area (Å²) < 4.78 is 10.4. The number of amides is 1. The van der Waals surface area contributed by atoms with Crippen LogP contribution in [0.1, 0.15) is 6.92 Å². The zero-order valence-electron chi connectivity index (χ0n) is 11.1.